The number of hydrogen-bond donors (Lipinski definition) is 0. The average molecular weight is 308 g/mol. The second-order valence-electron chi connectivity index (χ2n) is 6.31. The Balaban J connectivity index is 1.72. The predicted octanol–water partition coefficient (Wildman–Crippen LogP) is 2.84. The van der Waals surface area contributed by atoms with Gasteiger partial charge in [0.05, 0.1) is 11.5 Å². The molecule has 1 aromatic carbocycles. The van der Waals surface area contributed by atoms with Crippen molar-refractivity contribution in [2.45, 2.75) is 26.4 Å². The van der Waals surface area contributed by atoms with E-state index in [1.54, 1.807) is 17.0 Å². The van der Waals surface area contributed by atoms with Crippen molar-refractivity contribution in [2.75, 3.05) is 19.7 Å². The molecule has 0 unspecified atom stereocenters. The number of nitrogens with zero attached hydrogens (tertiary/aromatic N) is 2. The van der Waals surface area contributed by atoms with Crippen LogP contribution in [0.4, 0.5) is 10.5 Å². The number of carbonyl (C=O) groups is 1. The Bertz CT molecular complexity index is 544. The molecule has 2 rings (SSSR count). The summed E-state index contributed by atoms with van der Waals surface area (Å²) in [6.07, 6.45) is -0.306. The van der Waals surface area contributed by atoms with E-state index >= 15 is 0 Å². The summed E-state index contributed by atoms with van der Waals surface area (Å²) in [6.45, 7) is 7.17. The van der Waals surface area contributed by atoms with Crippen molar-refractivity contribution in [2.24, 2.45) is 5.92 Å². The summed E-state index contributed by atoms with van der Waals surface area (Å²) in [5.74, 6) is 0.837. The third-order valence-electron chi connectivity index (χ3n) is 3.14. The fourth-order valence-corrected chi connectivity index (χ4v) is 2.03. The lowest BCUT2D eigenvalue weighted by Crippen LogP contribution is -2.53. The van der Waals surface area contributed by atoms with Gasteiger partial charge in [-0.25, -0.2) is 4.79 Å². The van der Waals surface area contributed by atoms with Gasteiger partial charge in [-0.3, -0.25) is 10.1 Å². The SMILES string of the molecule is CC(C)(C)OC(=O)N1CC(COc2ccc([N+](=O)[O-])cc2)C1. The van der Waals surface area contributed by atoms with Gasteiger partial charge >= 0.3 is 6.09 Å². The van der Waals surface area contributed by atoms with E-state index < -0.39 is 10.5 Å². The highest BCUT2D eigenvalue weighted by molar-refractivity contribution is 5.69. The standard InChI is InChI=1S/C15H20N2O5/c1-15(2,3)22-14(18)16-8-11(9-16)10-21-13-6-4-12(5-7-13)17(19)20/h4-7,11H,8-10H2,1-3H3. The van der Waals surface area contributed by atoms with Gasteiger partial charge in [-0.1, -0.05) is 0 Å². The molecule has 0 spiro atoms. The van der Waals surface area contributed by atoms with Gasteiger partial charge in [0.25, 0.3) is 5.69 Å². The zero-order valence-corrected chi connectivity index (χ0v) is 12.9. The number of rotatable bonds is 4. The number of amides is 1. The molecule has 1 aromatic rings. The molecule has 0 aromatic heterocycles. The molecular weight excluding hydrogens is 288 g/mol. The summed E-state index contributed by atoms with van der Waals surface area (Å²) < 4.78 is 10.8. The average Bonchev–Trinajstić information content (AvgIpc) is 2.35. The summed E-state index contributed by atoms with van der Waals surface area (Å²) in [5, 5.41) is 10.5. The molecule has 0 N–H and O–H groups in total. The number of nitro groups is 1. The topological polar surface area (TPSA) is 81.9 Å². The molecule has 7 nitrogen and oxygen atoms in total. The Labute approximate surface area is 129 Å². The van der Waals surface area contributed by atoms with Crippen LogP contribution in [0.25, 0.3) is 0 Å². The zero-order chi connectivity index (χ0) is 16.3. The van der Waals surface area contributed by atoms with E-state index in [-0.39, 0.29) is 17.7 Å². The van der Waals surface area contributed by atoms with Gasteiger partial charge in [0.2, 0.25) is 0 Å². The van der Waals surface area contributed by atoms with Crippen molar-refractivity contribution in [3.8, 4) is 5.75 Å². The lowest BCUT2D eigenvalue weighted by atomic mass is 10.0. The summed E-state index contributed by atoms with van der Waals surface area (Å²) in [6, 6.07) is 5.96. The molecule has 1 heterocycles. The summed E-state index contributed by atoms with van der Waals surface area (Å²) in [5.41, 5.74) is -0.454. The van der Waals surface area contributed by atoms with Crippen molar-refractivity contribution >= 4 is 11.8 Å². The molecule has 0 bridgehead atoms. The van der Waals surface area contributed by atoms with Crippen molar-refractivity contribution in [3.63, 3.8) is 0 Å². The van der Waals surface area contributed by atoms with Crippen LogP contribution in [0.3, 0.4) is 0 Å². The molecule has 1 aliphatic heterocycles. The van der Waals surface area contributed by atoms with Gasteiger partial charge in [0, 0.05) is 31.1 Å². The highest BCUT2D eigenvalue weighted by Gasteiger charge is 2.34. The first-order valence-electron chi connectivity index (χ1n) is 7.10. The molecular formula is C15H20N2O5. The van der Waals surface area contributed by atoms with E-state index in [1.165, 1.54) is 12.1 Å². The number of nitro benzene ring substituents is 1. The number of hydrogen-bond acceptors (Lipinski definition) is 5. The highest BCUT2D eigenvalue weighted by Crippen LogP contribution is 2.22. The van der Waals surface area contributed by atoms with Crippen LogP contribution in [0, 0.1) is 16.0 Å². The van der Waals surface area contributed by atoms with Crippen LogP contribution in [0.5, 0.6) is 5.75 Å². The van der Waals surface area contributed by atoms with Gasteiger partial charge in [-0.05, 0) is 32.9 Å². The third-order valence-corrected chi connectivity index (χ3v) is 3.14. The largest absolute Gasteiger partial charge is 0.493 e. The van der Waals surface area contributed by atoms with Crippen molar-refractivity contribution in [1.82, 2.24) is 4.90 Å². The minimum absolute atomic E-state index is 0.0343. The molecule has 1 aliphatic rings. The Morgan fingerprint density at radius 3 is 2.41 bits per heavy atom. The Morgan fingerprint density at radius 1 is 1.32 bits per heavy atom. The van der Waals surface area contributed by atoms with Crippen LogP contribution in [0.2, 0.25) is 0 Å². The minimum Gasteiger partial charge on any atom is -0.493 e. The van der Waals surface area contributed by atoms with Crippen molar-refractivity contribution < 1.29 is 19.2 Å². The van der Waals surface area contributed by atoms with Crippen LogP contribution in [-0.2, 0) is 4.74 Å². The van der Waals surface area contributed by atoms with Gasteiger partial charge in [0.1, 0.15) is 11.4 Å². The third kappa shape index (κ3) is 4.34. The summed E-state index contributed by atoms with van der Waals surface area (Å²) in [7, 11) is 0. The van der Waals surface area contributed by atoms with Crippen LogP contribution < -0.4 is 4.74 Å². The molecule has 1 fully saturated rings. The van der Waals surface area contributed by atoms with Crippen molar-refractivity contribution in [1.29, 1.82) is 0 Å². The van der Waals surface area contributed by atoms with E-state index in [2.05, 4.69) is 0 Å². The number of benzene rings is 1. The summed E-state index contributed by atoms with van der Waals surface area (Å²) in [4.78, 5) is 23.5. The molecule has 1 amide bonds. The number of likely N-dealkylation sites (tertiary alicyclic amines) is 1. The Morgan fingerprint density at radius 2 is 1.91 bits per heavy atom. The molecule has 0 atom stereocenters. The molecule has 0 radical (unpaired) electrons. The fraction of sp³-hybridized carbons (Fsp3) is 0.533. The van der Waals surface area contributed by atoms with Gasteiger partial charge in [-0.2, -0.15) is 0 Å². The Kier molecular flexibility index (Phi) is 4.54. The second kappa shape index (κ2) is 6.21. The Hall–Kier alpha value is -2.31. The lowest BCUT2D eigenvalue weighted by Gasteiger charge is -2.39. The van der Waals surface area contributed by atoms with E-state index in [4.69, 9.17) is 9.47 Å². The van der Waals surface area contributed by atoms with E-state index in [0.717, 1.165) is 0 Å². The normalized spacial score (nSPS) is 15.1. The molecule has 22 heavy (non-hydrogen) atoms. The number of ether oxygens (including phenoxy) is 2. The van der Waals surface area contributed by atoms with Crippen LogP contribution in [-0.4, -0.2) is 41.2 Å². The first-order valence-corrected chi connectivity index (χ1v) is 7.10. The second-order valence-corrected chi connectivity index (χ2v) is 6.31. The maximum absolute atomic E-state index is 11.8. The lowest BCUT2D eigenvalue weighted by molar-refractivity contribution is -0.384. The van der Waals surface area contributed by atoms with Crippen LogP contribution in [0.1, 0.15) is 20.8 Å². The quantitative estimate of drug-likeness (QED) is 0.631. The zero-order valence-electron chi connectivity index (χ0n) is 12.9. The molecule has 0 saturated carbocycles. The van der Waals surface area contributed by atoms with Gasteiger partial charge in [-0.15, -0.1) is 0 Å². The maximum Gasteiger partial charge on any atom is 0.410 e. The number of non-ortho nitro benzene ring substituents is 1. The van der Waals surface area contributed by atoms with E-state index in [0.29, 0.717) is 25.4 Å². The van der Waals surface area contributed by atoms with Crippen LogP contribution >= 0.6 is 0 Å². The van der Waals surface area contributed by atoms with Crippen molar-refractivity contribution in [3.05, 3.63) is 34.4 Å². The maximum atomic E-state index is 11.8. The molecule has 1 saturated heterocycles. The van der Waals surface area contributed by atoms with E-state index in [9.17, 15) is 14.9 Å². The smallest absolute Gasteiger partial charge is 0.410 e. The first-order chi connectivity index (χ1) is 10.2. The first kappa shape index (κ1) is 16.1. The molecule has 120 valence electrons. The highest BCUT2D eigenvalue weighted by atomic mass is 16.6. The fourth-order valence-electron chi connectivity index (χ4n) is 2.03. The van der Waals surface area contributed by atoms with Crippen LogP contribution in [0.15, 0.2) is 24.3 Å². The van der Waals surface area contributed by atoms with Gasteiger partial charge < -0.3 is 14.4 Å². The molecule has 7 heteroatoms. The number of carbonyl (C=O) groups excluding carboxylic acids is 1. The monoisotopic (exact) mass is 308 g/mol. The predicted molar refractivity (Wildman–Crippen MR) is 79.9 cm³/mol. The summed E-state index contributed by atoms with van der Waals surface area (Å²) >= 11 is 0. The minimum atomic E-state index is -0.489. The van der Waals surface area contributed by atoms with Gasteiger partial charge in [0.15, 0.2) is 0 Å². The van der Waals surface area contributed by atoms with E-state index in [1.807, 2.05) is 20.8 Å². The molecule has 0 aliphatic carbocycles.